The van der Waals surface area contributed by atoms with Crippen LogP contribution in [0.25, 0.3) is 0 Å². The molecule has 1 N–H and O–H groups in total. The second-order valence-electron chi connectivity index (χ2n) is 5.79. The van der Waals surface area contributed by atoms with Crippen LogP contribution in [0.5, 0.6) is 0 Å². The lowest BCUT2D eigenvalue weighted by molar-refractivity contribution is -0.144. The standard InChI is InChI=1S/C16H22FNO2/c1-11(9-13-5-3-4-6-15(13)17)18-8-7-14(16(19)20)10-12(18)2/h3-6,11-12,14H,7-10H2,1-2H3,(H,19,20). The van der Waals surface area contributed by atoms with Crippen LogP contribution in [0.3, 0.4) is 0 Å². The highest BCUT2D eigenvalue weighted by molar-refractivity contribution is 5.70. The smallest absolute Gasteiger partial charge is 0.306 e. The first kappa shape index (κ1) is 15.0. The van der Waals surface area contributed by atoms with Crippen molar-refractivity contribution in [1.29, 1.82) is 0 Å². The zero-order valence-electron chi connectivity index (χ0n) is 12.1. The molecule has 4 heteroatoms. The van der Waals surface area contributed by atoms with E-state index in [1.807, 2.05) is 12.1 Å². The van der Waals surface area contributed by atoms with Gasteiger partial charge < -0.3 is 5.11 Å². The van der Waals surface area contributed by atoms with Gasteiger partial charge in [-0.1, -0.05) is 18.2 Å². The minimum absolute atomic E-state index is 0.160. The molecule has 0 amide bonds. The van der Waals surface area contributed by atoms with E-state index >= 15 is 0 Å². The topological polar surface area (TPSA) is 40.5 Å². The van der Waals surface area contributed by atoms with Crippen LogP contribution in [-0.4, -0.2) is 34.6 Å². The number of aliphatic carboxylic acids is 1. The van der Waals surface area contributed by atoms with Gasteiger partial charge >= 0.3 is 5.97 Å². The number of carboxylic acids is 1. The molecule has 0 aromatic heterocycles. The molecule has 0 saturated carbocycles. The molecule has 1 aliphatic heterocycles. The van der Waals surface area contributed by atoms with Crippen molar-refractivity contribution < 1.29 is 14.3 Å². The number of hydrogen-bond acceptors (Lipinski definition) is 2. The van der Waals surface area contributed by atoms with E-state index < -0.39 is 5.97 Å². The fraction of sp³-hybridized carbons (Fsp3) is 0.562. The summed E-state index contributed by atoms with van der Waals surface area (Å²) in [7, 11) is 0. The summed E-state index contributed by atoms with van der Waals surface area (Å²) >= 11 is 0. The van der Waals surface area contributed by atoms with Crippen LogP contribution >= 0.6 is 0 Å². The van der Waals surface area contributed by atoms with Gasteiger partial charge in [0.25, 0.3) is 0 Å². The van der Waals surface area contributed by atoms with E-state index in [1.165, 1.54) is 6.07 Å². The SMILES string of the molecule is CC(Cc1ccccc1F)N1CCC(C(=O)O)CC1C. The summed E-state index contributed by atoms with van der Waals surface area (Å²) in [5, 5.41) is 9.08. The maximum atomic E-state index is 13.7. The molecule has 1 saturated heterocycles. The van der Waals surface area contributed by atoms with E-state index in [0.717, 1.165) is 12.1 Å². The lowest BCUT2D eigenvalue weighted by Crippen LogP contribution is -2.47. The number of piperidine rings is 1. The van der Waals surface area contributed by atoms with Gasteiger partial charge in [-0.05, 0) is 51.3 Å². The Morgan fingerprint density at radius 3 is 2.80 bits per heavy atom. The molecule has 1 fully saturated rings. The van der Waals surface area contributed by atoms with E-state index in [4.69, 9.17) is 5.11 Å². The van der Waals surface area contributed by atoms with Crippen molar-refractivity contribution in [3.63, 3.8) is 0 Å². The molecule has 3 unspecified atom stereocenters. The fourth-order valence-corrected chi connectivity index (χ4v) is 3.17. The third-order valence-electron chi connectivity index (χ3n) is 4.32. The third kappa shape index (κ3) is 3.37. The highest BCUT2D eigenvalue weighted by atomic mass is 19.1. The number of likely N-dealkylation sites (tertiary alicyclic amines) is 1. The average molecular weight is 279 g/mol. The Kier molecular flexibility index (Phi) is 4.76. The van der Waals surface area contributed by atoms with E-state index in [9.17, 15) is 9.18 Å². The Labute approximate surface area is 119 Å². The molecule has 20 heavy (non-hydrogen) atoms. The number of benzene rings is 1. The predicted octanol–water partition coefficient (Wildman–Crippen LogP) is 2.94. The van der Waals surface area contributed by atoms with E-state index in [0.29, 0.717) is 19.3 Å². The zero-order chi connectivity index (χ0) is 14.7. The van der Waals surface area contributed by atoms with Crippen molar-refractivity contribution in [2.45, 2.75) is 45.2 Å². The Hall–Kier alpha value is -1.42. The van der Waals surface area contributed by atoms with Crippen molar-refractivity contribution in [1.82, 2.24) is 4.90 Å². The first-order valence-electron chi connectivity index (χ1n) is 7.21. The first-order valence-corrected chi connectivity index (χ1v) is 7.21. The van der Waals surface area contributed by atoms with Crippen molar-refractivity contribution in [3.8, 4) is 0 Å². The molecule has 1 aliphatic rings. The van der Waals surface area contributed by atoms with Gasteiger partial charge in [-0.15, -0.1) is 0 Å². The largest absolute Gasteiger partial charge is 0.481 e. The molecule has 2 rings (SSSR count). The summed E-state index contributed by atoms with van der Waals surface area (Å²) in [5.74, 6) is -1.09. The van der Waals surface area contributed by atoms with Gasteiger partial charge in [-0.3, -0.25) is 9.69 Å². The number of halogens is 1. The molecule has 1 heterocycles. The molecule has 3 nitrogen and oxygen atoms in total. The molecular weight excluding hydrogens is 257 g/mol. The number of carbonyl (C=O) groups is 1. The van der Waals surface area contributed by atoms with E-state index in [2.05, 4.69) is 18.7 Å². The van der Waals surface area contributed by atoms with Gasteiger partial charge in [0.15, 0.2) is 0 Å². The minimum atomic E-state index is -0.696. The first-order chi connectivity index (χ1) is 9.49. The molecular formula is C16H22FNO2. The van der Waals surface area contributed by atoms with Gasteiger partial charge in [0.05, 0.1) is 5.92 Å². The second kappa shape index (κ2) is 6.35. The summed E-state index contributed by atoms with van der Waals surface area (Å²) in [6, 6.07) is 7.31. The molecule has 1 aromatic rings. The van der Waals surface area contributed by atoms with Gasteiger partial charge in [0.2, 0.25) is 0 Å². The lowest BCUT2D eigenvalue weighted by atomic mass is 9.90. The summed E-state index contributed by atoms with van der Waals surface area (Å²) in [4.78, 5) is 13.3. The van der Waals surface area contributed by atoms with Crippen LogP contribution in [0.2, 0.25) is 0 Å². The Morgan fingerprint density at radius 1 is 1.50 bits per heavy atom. The average Bonchev–Trinajstić information content (AvgIpc) is 2.41. The monoisotopic (exact) mass is 279 g/mol. The summed E-state index contributed by atoms with van der Waals surface area (Å²) in [5.41, 5.74) is 0.729. The third-order valence-corrected chi connectivity index (χ3v) is 4.32. The highest BCUT2D eigenvalue weighted by Crippen LogP contribution is 2.26. The van der Waals surface area contributed by atoms with Crippen molar-refractivity contribution in [3.05, 3.63) is 35.6 Å². The molecule has 0 spiro atoms. The van der Waals surface area contributed by atoms with Crippen LogP contribution in [0, 0.1) is 11.7 Å². The molecule has 110 valence electrons. The summed E-state index contributed by atoms with van der Waals surface area (Å²) in [6.45, 7) is 4.92. The van der Waals surface area contributed by atoms with Crippen LogP contribution in [0.4, 0.5) is 4.39 Å². The van der Waals surface area contributed by atoms with Gasteiger partial charge in [-0.2, -0.15) is 0 Å². The van der Waals surface area contributed by atoms with E-state index in [-0.39, 0.29) is 23.8 Å². The normalized spacial score (nSPS) is 25.4. The molecule has 0 aliphatic carbocycles. The second-order valence-corrected chi connectivity index (χ2v) is 5.79. The van der Waals surface area contributed by atoms with Crippen LogP contribution in [0.15, 0.2) is 24.3 Å². The van der Waals surface area contributed by atoms with Crippen LogP contribution in [-0.2, 0) is 11.2 Å². The number of hydrogen-bond donors (Lipinski definition) is 1. The van der Waals surface area contributed by atoms with Gasteiger partial charge in [0.1, 0.15) is 5.82 Å². The predicted molar refractivity (Wildman–Crippen MR) is 76.1 cm³/mol. The van der Waals surface area contributed by atoms with Crippen LogP contribution in [0.1, 0.15) is 32.3 Å². The fourth-order valence-electron chi connectivity index (χ4n) is 3.17. The van der Waals surface area contributed by atoms with Crippen molar-refractivity contribution in [2.75, 3.05) is 6.54 Å². The summed E-state index contributed by atoms with van der Waals surface area (Å²) < 4.78 is 13.7. The maximum Gasteiger partial charge on any atom is 0.306 e. The molecule has 0 radical (unpaired) electrons. The minimum Gasteiger partial charge on any atom is -0.481 e. The van der Waals surface area contributed by atoms with Crippen LogP contribution < -0.4 is 0 Å². The lowest BCUT2D eigenvalue weighted by Gasteiger charge is -2.40. The highest BCUT2D eigenvalue weighted by Gasteiger charge is 2.32. The molecule has 3 atom stereocenters. The zero-order valence-corrected chi connectivity index (χ0v) is 12.1. The maximum absolute atomic E-state index is 13.7. The molecule has 1 aromatic carbocycles. The van der Waals surface area contributed by atoms with Crippen molar-refractivity contribution in [2.24, 2.45) is 5.92 Å². The van der Waals surface area contributed by atoms with Gasteiger partial charge in [0, 0.05) is 12.1 Å². The summed E-state index contributed by atoms with van der Waals surface area (Å²) in [6.07, 6.45) is 2.02. The Bertz CT molecular complexity index is 477. The Morgan fingerprint density at radius 2 is 2.20 bits per heavy atom. The van der Waals surface area contributed by atoms with E-state index in [1.54, 1.807) is 6.07 Å². The molecule has 0 bridgehead atoms. The van der Waals surface area contributed by atoms with Crippen molar-refractivity contribution >= 4 is 5.97 Å². The number of nitrogens with zero attached hydrogens (tertiary/aromatic N) is 1. The number of carboxylic acid groups (broad SMARTS) is 1. The quantitative estimate of drug-likeness (QED) is 0.921. The number of rotatable bonds is 4. The van der Waals surface area contributed by atoms with Gasteiger partial charge in [-0.25, -0.2) is 4.39 Å². The Balaban J connectivity index is 1.98.